The normalized spacial score (nSPS) is 15.1. The molecule has 0 spiro atoms. The van der Waals surface area contributed by atoms with Crippen LogP contribution in [0.4, 0.5) is 0 Å². The molecule has 3 N–H and O–H groups in total. The molecule has 160 valence electrons. The summed E-state index contributed by atoms with van der Waals surface area (Å²) in [5.74, 6) is 1.01. The van der Waals surface area contributed by atoms with Gasteiger partial charge in [0.15, 0.2) is 12.6 Å². The highest BCUT2D eigenvalue weighted by molar-refractivity contribution is 6.30. The predicted octanol–water partition coefficient (Wildman–Crippen LogP) is 2.10. The topological polar surface area (TPSA) is 83.2 Å². The number of hydrogen-bond acceptors (Lipinski definition) is 4. The first-order valence-electron chi connectivity index (χ1n) is 9.96. The molecule has 2 aromatic rings. The van der Waals surface area contributed by atoms with Crippen LogP contribution in [-0.4, -0.2) is 61.5 Å². The van der Waals surface area contributed by atoms with Gasteiger partial charge in [0.2, 0.25) is 0 Å². The average Bonchev–Trinajstić information content (AvgIpc) is 2.74. The van der Waals surface area contributed by atoms with Crippen molar-refractivity contribution in [2.45, 2.75) is 13.1 Å². The van der Waals surface area contributed by atoms with Crippen LogP contribution >= 0.6 is 11.6 Å². The Kier molecular flexibility index (Phi) is 7.93. The van der Waals surface area contributed by atoms with Gasteiger partial charge in [0.1, 0.15) is 5.75 Å². The standard InChI is InChI=1S/C22H28ClN5O2/c1-25-22(26-14-17-4-3-7-20(13-17)30-16-21(24)29)28-10-8-27(9-11-28)15-18-5-2-6-19(23)12-18/h2-7,12-13H,8-11,14-16H2,1H3,(H2,24,29)(H,25,26). The maximum absolute atomic E-state index is 10.9. The van der Waals surface area contributed by atoms with Gasteiger partial charge in [0, 0.05) is 51.3 Å². The summed E-state index contributed by atoms with van der Waals surface area (Å²) in [6.45, 7) is 5.12. The zero-order chi connectivity index (χ0) is 21.3. The molecule has 1 fully saturated rings. The van der Waals surface area contributed by atoms with Gasteiger partial charge in [0.25, 0.3) is 5.91 Å². The number of nitrogens with zero attached hydrogens (tertiary/aromatic N) is 3. The van der Waals surface area contributed by atoms with E-state index in [1.807, 2.05) is 36.4 Å². The number of ether oxygens (including phenoxy) is 1. The van der Waals surface area contributed by atoms with E-state index in [1.165, 1.54) is 5.56 Å². The van der Waals surface area contributed by atoms with Crippen LogP contribution in [0.1, 0.15) is 11.1 Å². The highest BCUT2D eigenvalue weighted by atomic mass is 35.5. The third kappa shape index (κ3) is 6.64. The lowest BCUT2D eigenvalue weighted by Crippen LogP contribution is -2.52. The SMILES string of the molecule is CN=C(NCc1cccc(OCC(N)=O)c1)N1CCN(Cc2cccc(Cl)c2)CC1. The van der Waals surface area contributed by atoms with E-state index in [9.17, 15) is 4.79 Å². The van der Waals surface area contributed by atoms with Gasteiger partial charge in [-0.2, -0.15) is 0 Å². The van der Waals surface area contributed by atoms with E-state index in [1.54, 1.807) is 13.1 Å². The van der Waals surface area contributed by atoms with E-state index in [0.29, 0.717) is 12.3 Å². The number of nitrogens with one attached hydrogen (secondary N) is 1. The van der Waals surface area contributed by atoms with Gasteiger partial charge in [-0.25, -0.2) is 0 Å². The zero-order valence-corrected chi connectivity index (χ0v) is 17.9. The molecule has 0 unspecified atom stereocenters. The molecule has 0 aromatic heterocycles. The van der Waals surface area contributed by atoms with Crippen LogP contribution < -0.4 is 15.8 Å². The Morgan fingerprint density at radius 2 is 1.87 bits per heavy atom. The summed E-state index contributed by atoms with van der Waals surface area (Å²) in [6, 6.07) is 15.6. The molecule has 1 saturated heterocycles. The Hall–Kier alpha value is -2.77. The largest absolute Gasteiger partial charge is 0.484 e. The van der Waals surface area contributed by atoms with Crippen molar-refractivity contribution in [3.05, 3.63) is 64.7 Å². The lowest BCUT2D eigenvalue weighted by atomic mass is 10.2. The molecule has 1 heterocycles. The van der Waals surface area contributed by atoms with Crippen LogP contribution in [0.2, 0.25) is 5.02 Å². The number of halogens is 1. The van der Waals surface area contributed by atoms with Crippen molar-refractivity contribution in [3.8, 4) is 5.75 Å². The van der Waals surface area contributed by atoms with Crippen LogP contribution in [0, 0.1) is 0 Å². The second-order valence-corrected chi connectivity index (χ2v) is 7.63. The van der Waals surface area contributed by atoms with Crippen molar-refractivity contribution in [1.82, 2.24) is 15.1 Å². The first kappa shape index (κ1) is 21.9. The Balaban J connectivity index is 1.48. The molecule has 3 rings (SSSR count). The predicted molar refractivity (Wildman–Crippen MR) is 120 cm³/mol. The van der Waals surface area contributed by atoms with Crippen molar-refractivity contribution in [2.24, 2.45) is 10.7 Å². The summed E-state index contributed by atoms with van der Waals surface area (Å²) in [5.41, 5.74) is 7.40. The van der Waals surface area contributed by atoms with Gasteiger partial charge in [-0.3, -0.25) is 14.7 Å². The minimum atomic E-state index is -0.492. The molecular weight excluding hydrogens is 402 g/mol. The summed E-state index contributed by atoms with van der Waals surface area (Å²) >= 11 is 6.09. The second kappa shape index (κ2) is 10.8. The number of guanidine groups is 1. The number of nitrogens with two attached hydrogens (primary N) is 1. The van der Waals surface area contributed by atoms with Gasteiger partial charge in [-0.1, -0.05) is 35.9 Å². The lowest BCUT2D eigenvalue weighted by Gasteiger charge is -2.36. The third-order valence-corrected chi connectivity index (χ3v) is 5.14. The number of piperazine rings is 1. The number of primary amides is 1. The molecule has 1 amide bonds. The molecule has 0 atom stereocenters. The Labute approximate surface area is 182 Å². The van der Waals surface area contributed by atoms with E-state index < -0.39 is 5.91 Å². The monoisotopic (exact) mass is 429 g/mol. The lowest BCUT2D eigenvalue weighted by molar-refractivity contribution is -0.119. The number of hydrogen-bond donors (Lipinski definition) is 2. The molecule has 8 heteroatoms. The van der Waals surface area contributed by atoms with E-state index >= 15 is 0 Å². The van der Waals surface area contributed by atoms with E-state index in [2.05, 4.69) is 26.2 Å². The third-order valence-electron chi connectivity index (χ3n) is 4.91. The van der Waals surface area contributed by atoms with E-state index in [0.717, 1.165) is 49.3 Å². The maximum atomic E-state index is 10.9. The number of aliphatic imine (C=N–C) groups is 1. The molecule has 2 aromatic carbocycles. The van der Waals surface area contributed by atoms with Crippen LogP contribution in [-0.2, 0) is 17.9 Å². The van der Waals surface area contributed by atoms with Crippen molar-refractivity contribution < 1.29 is 9.53 Å². The molecule has 7 nitrogen and oxygen atoms in total. The Morgan fingerprint density at radius 1 is 1.13 bits per heavy atom. The van der Waals surface area contributed by atoms with Gasteiger partial charge >= 0.3 is 0 Å². The minimum Gasteiger partial charge on any atom is -0.484 e. The van der Waals surface area contributed by atoms with Gasteiger partial charge < -0.3 is 20.7 Å². The fraction of sp³-hybridized carbons (Fsp3) is 0.364. The smallest absolute Gasteiger partial charge is 0.255 e. The summed E-state index contributed by atoms with van der Waals surface area (Å²) in [6.07, 6.45) is 0. The van der Waals surface area contributed by atoms with Gasteiger partial charge in [-0.15, -0.1) is 0 Å². The second-order valence-electron chi connectivity index (χ2n) is 7.20. The number of carbonyl (C=O) groups is 1. The first-order valence-corrected chi connectivity index (χ1v) is 10.3. The fourth-order valence-electron chi connectivity index (χ4n) is 3.42. The molecule has 1 aliphatic heterocycles. The van der Waals surface area contributed by atoms with Gasteiger partial charge in [-0.05, 0) is 35.4 Å². The molecular formula is C22H28ClN5O2. The summed E-state index contributed by atoms with van der Waals surface area (Å²) in [5, 5.41) is 4.19. The van der Waals surface area contributed by atoms with Crippen molar-refractivity contribution in [2.75, 3.05) is 39.8 Å². The first-order chi connectivity index (χ1) is 14.5. The zero-order valence-electron chi connectivity index (χ0n) is 17.2. The molecule has 30 heavy (non-hydrogen) atoms. The van der Waals surface area contributed by atoms with Crippen LogP contribution in [0.3, 0.4) is 0 Å². The van der Waals surface area contributed by atoms with Crippen molar-refractivity contribution in [3.63, 3.8) is 0 Å². The van der Waals surface area contributed by atoms with Crippen molar-refractivity contribution in [1.29, 1.82) is 0 Å². The number of rotatable bonds is 7. The van der Waals surface area contributed by atoms with Crippen LogP contribution in [0.25, 0.3) is 0 Å². The van der Waals surface area contributed by atoms with Crippen molar-refractivity contribution >= 4 is 23.5 Å². The molecule has 0 bridgehead atoms. The van der Waals surface area contributed by atoms with Crippen LogP contribution in [0.15, 0.2) is 53.5 Å². The highest BCUT2D eigenvalue weighted by Gasteiger charge is 2.19. The maximum Gasteiger partial charge on any atom is 0.255 e. The highest BCUT2D eigenvalue weighted by Crippen LogP contribution is 2.15. The fourth-order valence-corrected chi connectivity index (χ4v) is 3.64. The van der Waals surface area contributed by atoms with E-state index in [4.69, 9.17) is 22.1 Å². The summed E-state index contributed by atoms with van der Waals surface area (Å²) in [7, 11) is 1.80. The van der Waals surface area contributed by atoms with Gasteiger partial charge in [0.05, 0.1) is 0 Å². The molecule has 0 saturated carbocycles. The molecule has 0 aliphatic carbocycles. The average molecular weight is 430 g/mol. The number of benzene rings is 2. The molecule has 0 radical (unpaired) electrons. The molecule has 1 aliphatic rings. The number of amides is 1. The summed E-state index contributed by atoms with van der Waals surface area (Å²) in [4.78, 5) is 20.0. The summed E-state index contributed by atoms with van der Waals surface area (Å²) < 4.78 is 5.37. The Bertz CT molecular complexity index is 881. The van der Waals surface area contributed by atoms with E-state index in [-0.39, 0.29) is 6.61 Å². The van der Waals surface area contributed by atoms with Crippen LogP contribution in [0.5, 0.6) is 5.75 Å². The Morgan fingerprint density at radius 3 is 2.57 bits per heavy atom. The number of carbonyl (C=O) groups excluding carboxylic acids is 1. The minimum absolute atomic E-state index is 0.127. The quantitative estimate of drug-likeness (QED) is 0.520.